The van der Waals surface area contributed by atoms with E-state index in [2.05, 4.69) is 29.2 Å². The first kappa shape index (κ1) is 18.0. The highest BCUT2D eigenvalue weighted by Gasteiger charge is 2.13. The summed E-state index contributed by atoms with van der Waals surface area (Å²) >= 11 is 0. The molecule has 4 heteroatoms. The van der Waals surface area contributed by atoms with Gasteiger partial charge in [-0.05, 0) is 42.1 Å². The fourth-order valence-corrected chi connectivity index (χ4v) is 3.44. The monoisotopic (exact) mass is 370 g/mol. The van der Waals surface area contributed by atoms with Gasteiger partial charge in [0.05, 0.1) is 19.9 Å². The Bertz CT molecular complexity index is 1120. The van der Waals surface area contributed by atoms with Crippen LogP contribution in [0.1, 0.15) is 17.0 Å². The molecule has 0 atom stereocenters. The average molecular weight is 370 g/mol. The van der Waals surface area contributed by atoms with Crippen molar-refractivity contribution in [3.05, 3.63) is 83.8 Å². The smallest absolute Gasteiger partial charge is 0.161 e. The molecule has 0 amide bonds. The second kappa shape index (κ2) is 7.69. The molecule has 0 saturated carbocycles. The number of aryl methyl sites for hydroxylation is 1. The van der Waals surface area contributed by atoms with Gasteiger partial charge in [-0.3, -0.25) is 9.97 Å². The fraction of sp³-hybridized carbons (Fsp3) is 0.167. The van der Waals surface area contributed by atoms with Crippen molar-refractivity contribution in [2.45, 2.75) is 13.3 Å². The Morgan fingerprint density at radius 3 is 2.25 bits per heavy atom. The predicted molar refractivity (Wildman–Crippen MR) is 112 cm³/mol. The quantitative estimate of drug-likeness (QED) is 0.483. The van der Waals surface area contributed by atoms with E-state index in [0.29, 0.717) is 17.9 Å². The number of rotatable bonds is 5. The molecule has 0 unspecified atom stereocenters. The molecule has 0 radical (unpaired) electrons. The molecule has 0 aliphatic rings. The molecule has 2 heterocycles. The maximum Gasteiger partial charge on any atom is 0.161 e. The lowest BCUT2D eigenvalue weighted by molar-refractivity contribution is 0.356. The lowest BCUT2D eigenvalue weighted by Gasteiger charge is -2.13. The minimum absolute atomic E-state index is 0.694. The number of benzene rings is 2. The molecule has 0 saturated heterocycles. The van der Waals surface area contributed by atoms with Crippen molar-refractivity contribution in [2.24, 2.45) is 0 Å². The van der Waals surface area contributed by atoms with Crippen molar-refractivity contribution >= 4 is 10.8 Å². The summed E-state index contributed by atoms with van der Waals surface area (Å²) in [6, 6.07) is 20.4. The Kier molecular flexibility index (Phi) is 4.94. The molecular formula is C24H22N2O2. The minimum atomic E-state index is 0.694. The van der Waals surface area contributed by atoms with Crippen molar-refractivity contribution in [3.63, 3.8) is 0 Å². The zero-order valence-electron chi connectivity index (χ0n) is 16.3. The van der Waals surface area contributed by atoms with Gasteiger partial charge in [-0.25, -0.2) is 0 Å². The van der Waals surface area contributed by atoms with Crippen molar-refractivity contribution < 1.29 is 9.47 Å². The van der Waals surface area contributed by atoms with E-state index in [0.717, 1.165) is 39.0 Å². The lowest BCUT2D eigenvalue weighted by atomic mass is 10.0. The van der Waals surface area contributed by atoms with E-state index in [1.165, 1.54) is 0 Å². The molecule has 0 spiro atoms. The number of ether oxygens (including phenoxy) is 2. The first-order chi connectivity index (χ1) is 13.7. The third kappa shape index (κ3) is 3.41. The van der Waals surface area contributed by atoms with Crippen LogP contribution < -0.4 is 9.47 Å². The predicted octanol–water partition coefficient (Wildman–Crippen LogP) is 5.21. The number of fused-ring (bicyclic) bond motifs is 1. The summed E-state index contributed by atoms with van der Waals surface area (Å²) in [4.78, 5) is 9.45. The molecule has 0 fully saturated rings. The van der Waals surface area contributed by atoms with Crippen molar-refractivity contribution in [2.75, 3.05) is 14.2 Å². The molecule has 0 N–H and O–H groups in total. The molecule has 2 aromatic heterocycles. The Labute approximate surface area is 164 Å². The molecule has 0 bridgehead atoms. The van der Waals surface area contributed by atoms with Crippen LogP contribution in [-0.4, -0.2) is 24.2 Å². The van der Waals surface area contributed by atoms with Crippen molar-refractivity contribution in [1.82, 2.24) is 9.97 Å². The Hall–Kier alpha value is -3.40. The zero-order valence-corrected chi connectivity index (χ0v) is 16.3. The van der Waals surface area contributed by atoms with Gasteiger partial charge in [0.25, 0.3) is 0 Å². The molecule has 0 aliphatic carbocycles. The van der Waals surface area contributed by atoms with Crippen LogP contribution in [0.4, 0.5) is 0 Å². The van der Waals surface area contributed by atoms with Gasteiger partial charge in [0.15, 0.2) is 11.5 Å². The zero-order chi connectivity index (χ0) is 19.5. The van der Waals surface area contributed by atoms with Crippen LogP contribution in [0, 0.1) is 6.92 Å². The summed E-state index contributed by atoms with van der Waals surface area (Å²) in [5.41, 5.74) is 5.16. The normalized spacial score (nSPS) is 10.8. The van der Waals surface area contributed by atoms with Gasteiger partial charge in [-0.1, -0.05) is 36.4 Å². The molecule has 140 valence electrons. The van der Waals surface area contributed by atoms with Crippen LogP contribution in [0.25, 0.3) is 22.0 Å². The molecule has 4 rings (SSSR count). The van der Waals surface area contributed by atoms with Crippen LogP contribution in [0.3, 0.4) is 0 Å². The van der Waals surface area contributed by atoms with Crippen molar-refractivity contribution in [1.29, 1.82) is 0 Å². The molecular weight excluding hydrogens is 348 g/mol. The number of pyridine rings is 2. The highest BCUT2D eigenvalue weighted by molar-refractivity contribution is 5.90. The first-order valence-corrected chi connectivity index (χ1v) is 9.21. The fourth-order valence-electron chi connectivity index (χ4n) is 3.44. The van der Waals surface area contributed by atoms with Crippen LogP contribution in [0.15, 0.2) is 66.9 Å². The van der Waals surface area contributed by atoms with Crippen LogP contribution in [0.5, 0.6) is 11.5 Å². The van der Waals surface area contributed by atoms with E-state index in [9.17, 15) is 0 Å². The molecule has 28 heavy (non-hydrogen) atoms. The summed E-state index contributed by atoms with van der Waals surface area (Å²) in [6.07, 6.45) is 2.63. The lowest BCUT2D eigenvalue weighted by Crippen LogP contribution is -1.99. The molecule has 4 nitrogen and oxygen atoms in total. The van der Waals surface area contributed by atoms with Crippen molar-refractivity contribution in [3.8, 4) is 22.8 Å². The van der Waals surface area contributed by atoms with E-state index >= 15 is 0 Å². The first-order valence-electron chi connectivity index (χ1n) is 9.21. The second-order valence-corrected chi connectivity index (χ2v) is 6.68. The van der Waals surface area contributed by atoms with Gasteiger partial charge >= 0.3 is 0 Å². The maximum atomic E-state index is 5.51. The van der Waals surface area contributed by atoms with E-state index in [1.54, 1.807) is 14.2 Å². The number of methoxy groups -OCH3 is 2. The largest absolute Gasteiger partial charge is 0.493 e. The third-order valence-electron chi connectivity index (χ3n) is 4.92. The minimum Gasteiger partial charge on any atom is -0.493 e. The molecule has 4 aromatic rings. The van der Waals surface area contributed by atoms with Gasteiger partial charge in [-0.15, -0.1) is 0 Å². The molecule has 0 aliphatic heterocycles. The van der Waals surface area contributed by atoms with Crippen LogP contribution in [-0.2, 0) is 6.42 Å². The summed E-state index contributed by atoms with van der Waals surface area (Å²) in [5.74, 6) is 1.43. The summed E-state index contributed by atoms with van der Waals surface area (Å²) in [7, 11) is 3.30. The standard InChI is InChI=1S/C24H22N2O2/c1-16-20-13-23(27-2)24(28-3)14-21(20)18(15-25-16)12-19-10-7-11-22(26-19)17-8-5-4-6-9-17/h4-11,13-15H,12H2,1-3H3. The Morgan fingerprint density at radius 2 is 1.54 bits per heavy atom. The maximum absolute atomic E-state index is 5.51. The number of aromatic nitrogens is 2. The summed E-state index contributed by atoms with van der Waals surface area (Å²) < 4.78 is 11.0. The number of hydrogen-bond donors (Lipinski definition) is 0. The van der Waals surface area contributed by atoms with E-state index < -0.39 is 0 Å². The Balaban J connectivity index is 1.77. The third-order valence-corrected chi connectivity index (χ3v) is 4.92. The van der Waals surface area contributed by atoms with E-state index in [4.69, 9.17) is 14.5 Å². The number of nitrogens with zero attached hydrogens (tertiary/aromatic N) is 2. The SMILES string of the molecule is COc1cc2c(Cc3cccc(-c4ccccc4)n3)cnc(C)c2cc1OC. The van der Waals surface area contributed by atoms with Gasteiger partial charge in [0.2, 0.25) is 0 Å². The van der Waals surface area contributed by atoms with E-state index in [1.807, 2.05) is 49.5 Å². The number of hydrogen-bond acceptors (Lipinski definition) is 4. The van der Waals surface area contributed by atoms with Crippen LogP contribution in [0.2, 0.25) is 0 Å². The second-order valence-electron chi connectivity index (χ2n) is 6.68. The van der Waals surface area contributed by atoms with Crippen LogP contribution >= 0.6 is 0 Å². The average Bonchev–Trinajstić information content (AvgIpc) is 2.75. The molecule has 2 aromatic carbocycles. The van der Waals surface area contributed by atoms with Gasteiger partial charge < -0.3 is 9.47 Å². The van der Waals surface area contributed by atoms with E-state index in [-0.39, 0.29) is 0 Å². The highest BCUT2D eigenvalue weighted by Crippen LogP contribution is 2.35. The van der Waals surface area contributed by atoms with Gasteiger partial charge in [0, 0.05) is 35.0 Å². The summed E-state index contributed by atoms with van der Waals surface area (Å²) in [6.45, 7) is 2.01. The van der Waals surface area contributed by atoms with Gasteiger partial charge in [0.1, 0.15) is 0 Å². The topological polar surface area (TPSA) is 44.2 Å². The highest BCUT2D eigenvalue weighted by atomic mass is 16.5. The summed E-state index contributed by atoms with van der Waals surface area (Å²) in [5, 5.41) is 2.17. The Morgan fingerprint density at radius 1 is 0.821 bits per heavy atom. The van der Waals surface area contributed by atoms with Gasteiger partial charge in [-0.2, -0.15) is 0 Å².